The monoisotopic (exact) mass is 268 g/mol. The average molecular weight is 269 g/mol. The molecule has 0 aliphatic carbocycles. The van der Waals surface area contributed by atoms with E-state index in [0.717, 1.165) is 0 Å². The number of rotatable bonds is 5. The van der Waals surface area contributed by atoms with E-state index >= 15 is 0 Å². The number of nitriles is 1. The number of carboxylic acid groups (broad SMARTS) is 1. The van der Waals surface area contributed by atoms with Gasteiger partial charge in [-0.15, -0.1) is 0 Å². The standard InChI is InChI=1S/C11H9ClN2O4/c12-8-3-1-2-7(11(16)17)10(8)18-6-9(15)14-5-4-13/h1-3H,5-6H2,(H,14,15)(H,16,17). The number of hydrogen-bond acceptors (Lipinski definition) is 4. The maximum atomic E-state index is 11.2. The fourth-order valence-electron chi connectivity index (χ4n) is 1.15. The largest absolute Gasteiger partial charge is 0.481 e. The smallest absolute Gasteiger partial charge is 0.339 e. The first-order chi connectivity index (χ1) is 8.56. The highest BCUT2D eigenvalue weighted by atomic mass is 35.5. The summed E-state index contributed by atoms with van der Waals surface area (Å²) >= 11 is 5.79. The molecule has 0 saturated carbocycles. The Balaban J connectivity index is 2.76. The van der Waals surface area contributed by atoms with Gasteiger partial charge in [0.05, 0.1) is 11.1 Å². The molecule has 7 heteroatoms. The Bertz CT molecular complexity index is 510. The lowest BCUT2D eigenvalue weighted by Gasteiger charge is -2.10. The summed E-state index contributed by atoms with van der Waals surface area (Å²) in [6.07, 6.45) is 0. The fourth-order valence-corrected chi connectivity index (χ4v) is 1.38. The van der Waals surface area contributed by atoms with Crippen LogP contribution in [0.3, 0.4) is 0 Å². The molecule has 1 amide bonds. The lowest BCUT2D eigenvalue weighted by Crippen LogP contribution is -2.29. The van der Waals surface area contributed by atoms with Crippen molar-refractivity contribution in [3.8, 4) is 11.8 Å². The second-order valence-corrected chi connectivity index (χ2v) is 3.55. The molecular weight excluding hydrogens is 260 g/mol. The predicted molar refractivity (Wildman–Crippen MR) is 62.5 cm³/mol. The van der Waals surface area contributed by atoms with E-state index in [1.807, 2.05) is 0 Å². The average Bonchev–Trinajstić information content (AvgIpc) is 2.34. The van der Waals surface area contributed by atoms with Crippen molar-refractivity contribution < 1.29 is 19.4 Å². The zero-order valence-corrected chi connectivity index (χ0v) is 9.90. The van der Waals surface area contributed by atoms with Crippen molar-refractivity contribution in [3.63, 3.8) is 0 Å². The number of hydrogen-bond donors (Lipinski definition) is 2. The molecule has 6 nitrogen and oxygen atoms in total. The van der Waals surface area contributed by atoms with Crippen molar-refractivity contribution >= 4 is 23.5 Å². The highest BCUT2D eigenvalue weighted by Gasteiger charge is 2.15. The van der Waals surface area contributed by atoms with E-state index in [1.54, 1.807) is 6.07 Å². The molecule has 2 N–H and O–H groups in total. The lowest BCUT2D eigenvalue weighted by molar-refractivity contribution is -0.122. The zero-order valence-electron chi connectivity index (χ0n) is 9.14. The molecule has 1 rings (SSSR count). The molecule has 0 radical (unpaired) electrons. The van der Waals surface area contributed by atoms with Crippen molar-refractivity contribution in [2.45, 2.75) is 0 Å². The van der Waals surface area contributed by atoms with Crippen LogP contribution in [0.1, 0.15) is 10.4 Å². The normalized spacial score (nSPS) is 9.33. The van der Waals surface area contributed by atoms with Crippen LogP contribution >= 0.6 is 11.6 Å². The van der Waals surface area contributed by atoms with Crippen molar-refractivity contribution in [2.75, 3.05) is 13.2 Å². The molecule has 0 saturated heterocycles. The third-order valence-electron chi connectivity index (χ3n) is 1.91. The van der Waals surface area contributed by atoms with Crippen LogP contribution in [-0.4, -0.2) is 30.1 Å². The quantitative estimate of drug-likeness (QED) is 0.778. The molecule has 0 aromatic heterocycles. The molecular formula is C11H9ClN2O4. The minimum Gasteiger partial charge on any atom is -0.481 e. The summed E-state index contributed by atoms with van der Waals surface area (Å²) in [4.78, 5) is 22.1. The van der Waals surface area contributed by atoms with Crippen LogP contribution in [0, 0.1) is 11.3 Å². The Morgan fingerprint density at radius 1 is 1.50 bits per heavy atom. The Morgan fingerprint density at radius 3 is 2.83 bits per heavy atom. The van der Waals surface area contributed by atoms with Gasteiger partial charge in [-0.2, -0.15) is 5.26 Å². The van der Waals surface area contributed by atoms with E-state index in [9.17, 15) is 9.59 Å². The first kappa shape index (κ1) is 13.8. The molecule has 0 unspecified atom stereocenters. The van der Waals surface area contributed by atoms with Crippen LogP contribution in [0.15, 0.2) is 18.2 Å². The molecule has 0 fully saturated rings. The van der Waals surface area contributed by atoms with E-state index in [1.165, 1.54) is 18.2 Å². The maximum absolute atomic E-state index is 11.2. The minimum atomic E-state index is -1.20. The van der Waals surface area contributed by atoms with Gasteiger partial charge in [0.1, 0.15) is 12.1 Å². The van der Waals surface area contributed by atoms with Crippen molar-refractivity contribution in [2.24, 2.45) is 0 Å². The van der Waals surface area contributed by atoms with Gasteiger partial charge in [-0.1, -0.05) is 17.7 Å². The Morgan fingerprint density at radius 2 is 2.22 bits per heavy atom. The Kier molecular flexibility index (Phi) is 4.96. The molecule has 0 aliphatic rings. The van der Waals surface area contributed by atoms with Gasteiger partial charge in [0.25, 0.3) is 5.91 Å². The Hall–Kier alpha value is -2.26. The topological polar surface area (TPSA) is 99.4 Å². The number of carbonyl (C=O) groups is 2. The summed E-state index contributed by atoms with van der Waals surface area (Å²) in [7, 11) is 0. The van der Waals surface area contributed by atoms with E-state index in [4.69, 9.17) is 26.7 Å². The number of carbonyl (C=O) groups excluding carboxylic acids is 1. The van der Waals surface area contributed by atoms with E-state index in [-0.39, 0.29) is 22.9 Å². The maximum Gasteiger partial charge on any atom is 0.339 e. The summed E-state index contributed by atoms with van der Waals surface area (Å²) in [6.45, 7) is -0.553. The summed E-state index contributed by atoms with van der Waals surface area (Å²) in [5, 5.41) is 19.5. The first-order valence-corrected chi connectivity index (χ1v) is 5.22. The van der Waals surface area contributed by atoms with Crippen molar-refractivity contribution in [3.05, 3.63) is 28.8 Å². The number of halogens is 1. The predicted octanol–water partition coefficient (Wildman–Crippen LogP) is 1.06. The molecule has 0 bridgehead atoms. The van der Waals surface area contributed by atoms with E-state index in [2.05, 4.69) is 5.32 Å². The number of amides is 1. The van der Waals surface area contributed by atoms with E-state index in [0.29, 0.717) is 0 Å². The highest BCUT2D eigenvalue weighted by molar-refractivity contribution is 6.32. The van der Waals surface area contributed by atoms with Crippen LogP contribution in [0.2, 0.25) is 5.02 Å². The molecule has 94 valence electrons. The van der Waals surface area contributed by atoms with Crippen LogP contribution in [-0.2, 0) is 4.79 Å². The highest BCUT2D eigenvalue weighted by Crippen LogP contribution is 2.28. The molecule has 0 heterocycles. The SMILES string of the molecule is N#CCNC(=O)COc1c(Cl)cccc1C(=O)O. The molecule has 0 aliphatic heterocycles. The molecule has 0 atom stereocenters. The van der Waals surface area contributed by atoms with Crippen LogP contribution in [0.4, 0.5) is 0 Å². The summed E-state index contributed by atoms with van der Waals surface area (Å²) in [5.74, 6) is -1.81. The van der Waals surface area contributed by atoms with Crippen LogP contribution in [0.5, 0.6) is 5.75 Å². The minimum absolute atomic E-state index is 0.0706. The number of nitrogens with zero attached hydrogens (tertiary/aromatic N) is 1. The molecule has 0 spiro atoms. The van der Waals surface area contributed by atoms with Gasteiger partial charge in [0.15, 0.2) is 12.4 Å². The second kappa shape index (κ2) is 6.47. The van der Waals surface area contributed by atoms with Gasteiger partial charge in [-0.3, -0.25) is 4.79 Å². The summed E-state index contributed by atoms with van der Waals surface area (Å²) in [5.41, 5.74) is -0.129. The second-order valence-electron chi connectivity index (χ2n) is 3.15. The van der Waals surface area contributed by atoms with E-state index < -0.39 is 18.5 Å². The van der Waals surface area contributed by atoms with Crippen LogP contribution < -0.4 is 10.1 Å². The summed E-state index contributed by atoms with van der Waals surface area (Å²) < 4.78 is 5.05. The van der Waals surface area contributed by atoms with Gasteiger partial charge >= 0.3 is 5.97 Å². The Labute approximate surface area is 108 Å². The van der Waals surface area contributed by atoms with Crippen molar-refractivity contribution in [1.29, 1.82) is 5.26 Å². The molecule has 18 heavy (non-hydrogen) atoms. The number of para-hydroxylation sites is 1. The third-order valence-corrected chi connectivity index (χ3v) is 2.21. The third kappa shape index (κ3) is 3.64. The lowest BCUT2D eigenvalue weighted by atomic mass is 10.2. The van der Waals surface area contributed by atoms with Gasteiger partial charge in [-0.05, 0) is 12.1 Å². The number of nitrogens with one attached hydrogen (secondary N) is 1. The first-order valence-electron chi connectivity index (χ1n) is 4.84. The van der Waals surface area contributed by atoms with Gasteiger partial charge in [0, 0.05) is 0 Å². The van der Waals surface area contributed by atoms with Gasteiger partial charge in [-0.25, -0.2) is 4.79 Å². The molecule has 1 aromatic carbocycles. The van der Waals surface area contributed by atoms with Gasteiger partial charge in [0.2, 0.25) is 0 Å². The number of benzene rings is 1. The number of ether oxygens (including phenoxy) is 1. The fraction of sp³-hybridized carbons (Fsp3) is 0.182. The summed E-state index contributed by atoms with van der Waals surface area (Å²) in [6, 6.07) is 5.97. The van der Waals surface area contributed by atoms with Gasteiger partial charge < -0.3 is 15.2 Å². The molecule has 1 aromatic rings. The number of carboxylic acids is 1. The number of aromatic carboxylic acids is 1. The van der Waals surface area contributed by atoms with Crippen molar-refractivity contribution in [1.82, 2.24) is 5.32 Å². The zero-order chi connectivity index (χ0) is 13.5. The van der Waals surface area contributed by atoms with Crippen LogP contribution in [0.25, 0.3) is 0 Å².